The number of rotatable bonds is 2. The van der Waals surface area contributed by atoms with Crippen molar-refractivity contribution in [2.75, 3.05) is 5.32 Å². The average molecular weight is 197 g/mol. The Labute approximate surface area is 82.1 Å². The molecular weight excluding hydrogens is 184 g/mol. The van der Waals surface area contributed by atoms with E-state index in [0.717, 1.165) is 12.8 Å². The fourth-order valence-corrected chi connectivity index (χ4v) is 1.86. The van der Waals surface area contributed by atoms with E-state index in [-0.39, 0.29) is 11.7 Å². The maximum Gasteiger partial charge on any atom is 0.149 e. The van der Waals surface area contributed by atoms with Crippen LogP contribution in [0.5, 0.6) is 0 Å². The highest BCUT2D eigenvalue weighted by molar-refractivity contribution is 5.47. The van der Waals surface area contributed by atoms with E-state index < -0.39 is 11.6 Å². The van der Waals surface area contributed by atoms with Gasteiger partial charge in [0, 0.05) is 6.04 Å². The molecule has 0 atom stereocenters. The molecule has 0 aliphatic heterocycles. The molecule has 0 amide bonds. The predicted molar refractivity (Wildman–Crippen MR) is 52.2 cm³/mol. The van der Waals surface area contributed by atoms with Gasteiger partial charge in [0.15, 0.2) is 0 Å². The van der Waals surface area contributed by atoms with Crippen LogP contribution in [0.2, 0.25) is 0 Å². The van der Waals surface area contributed by atoms with E-state index in [4.69, 9.17) is 0 Å². The Morgan fingerprint density at radius 3 is 2.29 bits per heavy atom. The Kier molecular flexibility index (Phi) is 2.40. The second-order valence-electron chi connectivity index (χ2n) is 4.01. The SMILES string of the molecule is CC1CC(Nc2c(F)cccc2F)C1. The summed E-state index contributed by atoms with van der Waals surface area (Å²) in [6.45, 7) is 2.13. The quantitative estimate of drug-likeness (QED) is 0.767. The molecule has 1 aromatic carbocycles. The van der Waals surface area contributed by atoms with Crippen molar-refractivity contribution in [2.45, 2.75) is 25.8 Å². The van der Waals surface area contributed by atoms with Crippen LogP contribution < -0.4 is 5.32 Å². The fraction of sp³-hybridized carbons (Fsp3) is 0.455. The average Bonchev–Trinajstić information content (AvgIpc) is 2.08. The van der Waals surface area contributed by atoms with E-state index in [2.05, 4.69) is 12.2 Å². The van der Waals surface area contributed by atoms with E-state index in [1.165, 1.54) is 18.2 Å². The Balaban J connectivity index is 2.09. The van der Waals surface area contributed by atoms with Crippen molar-refractivity contribution < 1.29 is 8.78 Å². The molecule has 0 saturated heterocycles. The first-order valence-electron chi connectivity index (χ1n) is 4.87. The molecule has 0 aromatic heterocycles. The lowest BCUT2D eigenvalue weighted by atomic mass is 9.82. The molecule has 2 rings (SSSR count). The molecule has 0 heterocycles. The maximum absolute atomic E-state index is 13.2. The van der Waals surface area contributed by atoms with E-state index in [0.29, 0.717) is 5.92 Å². The highest BCUT2D eigenvalue weighted by atomic mass is 19.1. The zero-order valence-electron chi connectivity index (χ0n) is 8.06. The predicted octanol–water partition coefficient (Wildman–Crippen LogP) is 3.18. The molecule has 0 spiro atoms. The van der Waals surface area contributed by atoms with Gasteiger partial charge in [-0.15, -0.1) is 0 Å². The van der Waals surface area contributed by atoms with Crippen LogP contribution in [0.15, 0.2) is 18.2 Å². The molecule has 0 unspecified atom stereocenters. The van der Waals surface area contributed by atoms with Gasteiger partial charge in [-0.3, -0.25) is 0 Å². The van der Waals surface area contributed by atoms with Crippen molar-refractivity contribution in [2.24, 2.45) is 5.92 Å². The summed E-state index contributed by atoms with van der Waals surface area (Å²) in [5.74, 6) is -0.351. The third kappa shape index (κ3) is 1.72. The molecule has 76 valence electrons. The molecule has 1 nitrogen and oxygen atoms in total. The molecule has 1 aliphatic carbocycles. The smallest absolute Gasteiger partial charge is 0.149 e. The highest BCUT2D eigenvalue weighted by Crippen LogP contribution is 2.31. The number of benzene rings is 1. The Hall–Kier alpha value is -1.12. The summed E-state index contributed by atoms with van der Waals surface area (Å²) in [4.78, 5) is 0. The molecule has 1 saturated carbocycles. The van der Waals surface area contributed by atoms with Gasteiger partial charge < -0.3 is 5.32 Å². The van der Waals surface area contributed by atoms with Crippen molar-refractivity contribution in [1.82, 2.24) is 0 Å². The van der Waals surface area contributed by atoms with Gasteiger partial charge in [0.25, 0.3) is 0 Å². The van der Waals surface area contributed by atoms with E-state index in [1.807, 2.05) is 0 Å². The lowest BCUT2D eigenvalue weighted by Crippen LogP contribution is -2.34. The summed E-state index contributed by atoms with van der Waals surface area (Å²) in [5, 5.41) is 2.90. The Morgan fingerprint density at radius 2 is 1.79 bits per heavy atom. The van der Waals surface area contributed by atoms with Crippen molar-refractivity contribution in [3.05, 3.63) is 29.8 Å². The molecule has 1 aliphatic rings. The maximum atomic E-state index is 13.2. The number of hydrogen-bond donors (Lipinski definition) is 1. The molecule has 0 bridgehead atoms. The lowest BCUT2D eigenvalue weighted by Gasteiger charge is -2.34. The minimum absolute atomic E-state index is 0.0180. The molecule has 3 heteroatoms. The van der Waals surface area contributed by atoms with Crippen molar-refractivity contribution in [3.8, 4) is 0 Å². The lowest BCUT2D eigenvalue weighted by molar-refractivity contribution is 0.307. The van der Waals surface area contributed by atoms with Crippen LogP contribution in [-0.4, -0.2) is 6.04 Å². The van der Waals surface area contributed by atoms with Gasteiger partial charge in [0.1, 0.15) is 17.3 Å². The fourth-order valence-electron chi connectivity index (χ4n) is 1.86. The largest absolute Gasteiger partial charge is 0.378 e. The zero-order chi connectivity index (χ0) is 10.1. The highest BCUT2D eigenvalue weighted by Gasteiger charge is 2.26. The summed E-state index contributed by atoms with van der Waals surface area (Å²) in [5.41, 5.74) is 0.0180. The summed E-state index contributed by atoms with van der Waals surface area (Å²) in [6.07, 6.45) is 1.99. The Bertz CT molecular complexity index is 312. The van der Waals surface area contributed by atoms with Gasteiger partial charge >= 0.3 is 0 Å². The number of para-hydroxylation sites is 1. The summed E-state index contributed by atoms with van der Waals surface area (Å²) in [6, 6.07) is 4.15. The van der Waals surface area contributed by atoms with Crippen LogP contribution in [0.4, 0.5) is 14.5 Å². The molecule has 14 heavy (non-hydrogen) atoms. The molecule has 0 radical (unpaired) electrons. The number of halogens is 2. The van der Waals surface area contributed by atoms with Gasteiger partial charge in [-0.05, 0) is 30.9 Å². The Morgan fingerprint density at radius 1 is 1.21 bits per heavy atom. The molecule has 1 aromatic rings. The van der Waals surface area contributed by atoms with E-state index in [9.17, 15) is 8.78 Å². The molecular formula is C11H13F2N. The van der Waals surface area contributed by atoms with Crippen LogP contribution >= 0.6 is 0 Å². The number of hydrogen-bond acceptors (Lipinski definition) is 1. The van der Waals surface area contributed by atoms with Crippen LogP contribution in [0.25, 0.3) is 0 Å². The van der Waals surface area contributed by atoms with Crippen LogP contribution in [0, 0.1) is 17.6 Å². The number of anilines is 1. The van der Waals surface area contributed by atoms with Gasteiger partial charge in [-0.2, -0.15) is 0 Å². The number of nitrogens with one attached hydrogen (secondary N) is 1. The van der Waals surface area contributed by atoms with E-state index >= 15 is 0 Å². The summed E-state index contributed by atoms with van der Waals surface area (Å²) >= 11 is 0. The third-order valence-electron chi connectivity index (χ3n) is 2.68. The second-order valence-corrected chi connectivity index (χ2v) is 4.01. The molecule has 1 N–H and O–H groups in total. The first-order valence-corrected chi connectivity index (χ1v) is 4.87. The standard InChI is InChI=1S/C11H13F2N/c1-7-5-8(6-7)14-11-9(12)3-2-4-10(11)13/h2-4,7-8,14H,5-6H2,1H3. The monoisotopic (exact) mass is 197 g/mol. The van der Waals surface area contributed by atoms with Gasteiger partial charge in [-0.1, -0.05) is 13.0 Å². The van der Waals surface area contributed by atoms with Crippen LogP contribution in [0.1, 0.15) is 19.8 Å². The van der Waals surface area contributed by atoms with Gasteiger partial charge in [-0.25, -0.2) is 8.78 Å². The minimum atomic E-state index is -0.510. The zero-order valence-corrected chi connectivity index (χ0v) is 8.06. The topological polar surface area (TPSA) is 12.0 Å². The van der Waals surface area contributed by atoms with Crippen molar-refractivity contribution in [1.29, 1.82) is 0 Å². The van der Waals surface area contributed by atoms with Crippen molar-refractivity contribution >= 4 is 5.69 Å². The molecule has 1 fully saturated rings. The third-order valence-corrected chi connectivity index (χ3v) is 2.68. The summed E-state index contributed by atoms with van der Waals surface area (Å²) < 4.78 is 26.3. The van der Waals surface area contributed by atoms with Crippen LogP contribution in [0.3, 0.4) is 0 Å². The second kappa shape index (κ2) is 3.56. The summed E-state index contributed by atoms with van der Waals surface area (Å²) in [7, 11) is 0. The normalized spacial score (nSPS) is 25.6. The minimum Gasteiger partial charge on any atom is -0.378 e. The van der Waals surface area contributed by atoms with E-state index in [1.54, 1.807) is 0 Å². The first kappa shape index (κ1) is 9.44. The van der Waals surface area contributed by atoms with Gasteiger partial charge in [0.05, 0.1) is 0 Å². The van der Waals surface area contributed by atoms with Crippen LogP contribution in [-0.2, 0) is 0 Å². The van der Waals surface area contributed by atoms with Crippen molar-refractivity contribution in [3.63, 3.8) is 0 Å². The van der Waals surface area contributed by atoms with Gasteiger partial charge in [0.2, 0.25) is 0 Å². The first-order chi connectivity index (χ1) is 6.66.